The molecule has 30 heavy (non-hydrogen) atoms. The summed E-state index contributed by atoms with van der Waals surface area (Å²) in [7, 11) is 4.61. The second-order valence-corrected chi connectivity index (χ2v) is 7.09. The number of anilines is 1. The van der Waals surface area contributed by atoms with Gasteiger partial charge in [0.1, 0.15) is 5.69 Å². The number of benzene rings is 2. The average Bonchev–Trinajstić information content (AvgIpc) is 3.16. The minimum absolute atomic E-state index is 0.303. The monoisotopic (exact) mass is 449 g/mol. The van der Waals surface area contributed by atoms with Crippen molar-refractivity contribution in [2.75, 3.05) is 26.6 Å². The maximum absolute atomic E-state index is 12.9. The van der Waals surface area contributed by atoms with Crippen LogP contribution in [0.5, 0.6) is 17.2 Å². The third-order valence-corrected chi connectivity index (χ3v) is 5.29. The number of rotatable bonds is 7. The summed E-state index contributed by atoms with van der Waals surface area (Å²) in [6, 6.07) is 8.24. The van der Waals surface area contributed by atoms with E-state index in [1.807, 2.05) is 6.92 Å². The molecule has 2 N–H and O–H groups in total. The van der Waals surface area contributed by atoms with E-state index in [9.17, 15) is 4.79 Å². The van der Waals surface area contributed by atoms with Crippen molar-refractivity contribution in [3.8, 4) is 28.5 Å². The summed E-state index contributed by atoms with van der Waals surface area (Å²) in [5, 5.41) is 11.0. The molecule has 0 radical (unpaired) electrons. The van der Waals surface area contributed by atoms with Gasteiger partial charge in [-0.15, -0.1) is 0 Å². The Balaban J connectivity index is 2.05. The highest BCUT2D eigenvalue weighted by molar-refractivity contribution is 6.42. The van der Waals surface area contributed by atoms with E-state index in [0.717, 1.165) is 5.69 Å². The standard InChI is InChI=1S/C21H21Cl2N3O4/c1-5-15-19(24-21(27)11-6-7-13(22)14(23)8-11)18(26-25-15)12-9-16(28-2)20(30-4)17(10-12)29-3/h6-10H,5H2,1-4H3,(H,24,27)(H,25,26). The van der Waals surface area contributed by atoms with E-state index < -0.39 is 0 Å². The van der Waals surface area contributed by atoms with Gasteiger partial charge in [0, 0.05) is 11.1 Å². The van der Waals surface area contributed by atoms with Gasteiger partial charge in [-0.25, -0.2) is 0 Å². The topological polar surface area (TPSA) is 85.5 Å². The van der Waals surface area contributed by atoms with Gasteiger partial charge in [0.25, 0.3) is 5.91 Å². The highest BCUT2D eigenvalue weighted by atomic mass is 35.5. The molecule has 0 fully saturated rings. The molecule has 0 saturated heterocycles. The third kappa shape index (κ3) is 4.17. The number of nitrogens with zero attached hydrogens (tertiary/aromatic N) is 1. The molecule has 0 saturated carbocycles. The Morgan fingerprint density at radius 1 is 1.03 bits per heavy atom. The SMILES string of the molecule is CCc1[nH]nc(-c2cc(OC)c(OC)c(OC)c2)c1NC(=O)c1ccc(Cl)c(Cl)c1. The minimum Gasteiger partial charge on any atom is -0.493 e. The van der Waals surface area contributed by atoms with Crippen molar-refractivity contribution < 1.29 is 19.0 Å². The van der Waals surface area contributed by atoms with Gasteiger partial charge in [-0.05, 0) is 36.8 Å². The van der Waals surface area contributed by atoms with Crippen LogP contribution in [-0.4, -0.2) is 37.4 Å². The summed E-state index contributed by atoms with van der Waals surface area (Å²) >= 11 is 12.0. The van der Waals surface area contributed by atoms with Gasteiger partial charge in [-0.1, -0.05) is 30.1 Å². The number of methoxy groups -OCH3 is 3. The van der Waals surface area contributed by atoms with Crippen LogP contribution in [0.15, 0.2) is 30.3 Å². The summed E-state index contributed by atoms with van der Waals surface area (Å²) < 4.78 is 16.2. The van der Waals surface area contributed by atoms with Crippen molar-refractivity contribution in [1.29, 1.82) is 0 Å². The molecule has 1 heterocycles. The zero-order valence-corrected chi connectivity index (χ0v) is 18.4. The van der Waals surface area contributed by atoms with Crippen molar-refractivity contribution in [1.82, 2.24) is 10.2 Å². The number of H-pyrrole nitrogens is 1. The van der Waals surface area contributed by atoms with E-state index in [1.165, 1.54) is 27.4 Å². The van der Waals surface area contributed by atoms with Gasteiger partial charge in [0.05, 0.1) is 42.8 Å². The van der Waals surface area contributed by atoms with Crippen LogP contribution in [-0.2, 0) is 6.42 Å². The van der Waals surface area contributed by atoms with Gasteiger partial charge in [0.2, 0.25) is 5.75 Å². The number of halogens is 2. The first-order valence-electron chi connectivity index (χ1n) is 9.07. The third-order valence-electron chi connectivity index (χ3n) is 4.55. The molecule has 3 aromatic rings. The summed E-state index contributed by atoms with van der Waals surface area (Å²) in [6.45, 7) is 1.96. The molecule has 0 atom stereocenters. The average molecular weight is 450 g/mol. The van der Waals surface area contributed by atoms with Crippen LogP contribution >= 0.6 is 23.2 Å². The highest BCUT2D eigenvalue weighted by Gasteiger charge is 2.21. The molecule has 0 aliphatic carbocycles. The summed E-state index contributed by atoms with van der Waals surface area (Å²) in [4.78, 5) is 12.9. The maximum atomic E-state index is 12.9. The van der Waals surface area contributed by atoms with Crippen LogP contribution in [0.2, 0.25) is 10.0 Å². The first-order valence-corrected chi connectivity index (χ1v) is 9.83. The van der Waals surface area contributed by atoms with E-state index >= 15 is 0 Å². The maximum Gasteiger partial charge on any atom is 0.255 e. The Morgan fingerprint density at radius 2 is 1.70 bits per heavy atom. The normalized spacial score (nSPS) is 10.6. The number of carbonyl (C=O) groups is 1. The number of ether oxygens (including phenoxy) is 3. The quantitative estimate of drug-likeness (QED) is 0.515. The van der Waals surface area contributed by atoms with Crippen LogP contribution in [0.4, 0.5) is 5.69 Å². The van der Waals surface area contributed by atoms with E-state index in [4.69, 9.17) is 37.4 Å². The fourth-order valence-corrected chi connectivity index (χ4v) is 3.32. The van der Waals surface area contributed by atoms with E-state index in [1.54, 1.807) is 24.3 Å². The first kappa shape index (κ1) is 21.8. The number of aromatic amines is 1. The lowest BCUT2D eigenvalue weighted by Crippen LogP contribution is -2.13. The minimum atomic E-state index is -0.335. The molecule has 9 heteroatoms. The number of carbonyl (C=O) groups excluding carboxylic acids is 1. The lowest BCUT2D eigenvalue weighted by Gasteiger charge is -2.14. The van der Waals surface area contributed by atoms with Crippen LogP contribution in [0.25, 0.3) is 11.3 Å². The predicted molar refractivity (Wildman–Crippen MR) is 117 cm³/mol. The first-order chi connectivity index (χ1) is 14.4. The smallest absolute Gasteiger partial charge is 0.255 e. The zero-order valence-electron chi connectivity index (χ0n) is 16.9. The van der Waals surface area contributed by atoms with Gasteiger partial charge < -0.3 is 19.5 Å². The van der Waals surface area contributed by atoms with E-state index in [-0.39, 0.29) is 5.91 Å². The van der Waals surface area contributed by atoms with Crippen LogP contribution in [0, 0.1) is 0 Å². The molecule has 0 aliphatic heterocycles. The lowest BCUT2D eigenvalue weighted by atomic mass is 10.1. The Kier molecular flexibility index (Phi) is 6.74. The Bertz CT molecular complexity index is 1060. The van der Waals surface area contributed by atoms with Crippen LogP contribution in [0.3, 0.4) is 0 Å². The van der Waals surface area contributed by atoms with Gasteiger partial charge >= 0.3 is 0 Å². The molecule has 7 nitrogen and oxygen atoms in total. The molecular formula is C21H21Cl2N3O4. The van der Waals surface area contributed by atoms with Crippen molar-refractivity contribution >= 4 is 34.8 Å². The molecule has 2 aromatic carbocycles. The van der Waals surface area contributed by atoms with Gasteiger partial charge in [-0.3, -0.25) is 9.89 Å². The summed E-state index contributed by atoms with van der Waals surface area (Å²) in [5.41, 5.74) is 2.93. The number of hydrogen-bond donors (Lipinski definition) is 2. The van der Waals surface area contributed by atoms with E-state index in [2.05, 4.69) is 15.5 Å². The second-order valence-electron chi connectivity index (χ2n) is 6.28. The van der Waals surface area contributed by atoms with Gasteiger partial charge in [0.15, 0.2) is 11.5 Å². The highest BCUT2D eigenvalue weighted by Crippen LogP contribution is 2.42. The molecule has 1 aromatic heterocycles. The molecule has 0 spiro atoms. The van der Waals surface area contributed by atoms with Crippen molar-refractivity contribution in [2.45, 2.75) is 13.3 Å². The van der Waals surface area contributed by atoms with Crippen LogP contribution in [0.1, 0.15) is 23.0 Å². The summed E-state index contributed by atoms with van der Waals surface area (Å²) in [5.74, 6) is 1.10. The number of aromatic nitrogens is 2. The second kappa shape index (κ2) is 9.28. The molecule has 1 amide bonds. The molecule has 0 bridgehead atoms. The largest absolute Gasteiger partial charge is 0.493 e. The molecule has 3 rings (SSSR count). The Hall–Kier alpha value is -2.90. The zero-order chi connectivity index (χ0) is 21.8. The molecular weight excluding hydrogens is 429 g/mol. The van der Waals surface area contributed by atoms with Crippen molar-refractivity contribution in [3.05, 3.63) is 51.6 Å². The van der Waals surface area contributed by atoms with Crippen molar-refractivity contribution in [2.24, 2.45) is 0 Å². The van der Waals surface area contributed by atoms with Crippen molar-refractivity contribution in [3.63, 3.8) is 0 Å². The fourth-order valence-electron chi connectivity index (χ4n) is 3.02. The Morgan fingerprint density at radius 3 is 2.23 bits per heavy atom. The number of nitrogens with one attached hydrogen (secondary N) is 2. The van der Waals surface area contributed by atoms with Gasteiger partial charge in [-0.2, -0.15) is 5.10 Å². The lowest BCUT2D eigenvalue weighted by molar-refractivity contribution is 0.102. The predicted octanol–water partition coefficient (Wildman–Crippen LogP) is 5.22. The number of amides is 1. The van der Waals surface area contributed by atoms with Crippen LogP contribution < -0.4 is 19.5 Å². The number of hydrogen-bond acceptors (Lipinski definition) is 5. The number of aryl methyl sites for hydroxylation is 1. The molecule has 0 aliphatic rings. The molecule has 0 unspecified atom stereocenters. The van der Waals surface area contributed by atoms with E-state index in [0.29, 0.717) is 56.2 Å². The molecule has 158 valence electrons. The fraction of sp³-hybridized carbons (Fsp3) is 0.238. The Labute approximate surface area is 184 Å². The summed E-state index contributed by atoms with van der Waals surface area (Å²) in [6.07, 6.45) is 0.633.